The topological polar surface area (TPSA) is 64.3 Å². The Balaban J connectivity index is 2.58. The number of hydrogen-bond donors (Lipinski definition) is 2. The molecule has 1 amide bonds. The standard InChI is InChI=1S/C14H22N2O2S/c1-3-9-19-11-5-6-12(15)13(10-11)16-14(17)7-8-18-4-2/h5-6,10H,3-4,7-9,15H2,1-2H3,(H,16,17). The van der Waals surface area contributed by atoms with Crippen LogP contribution in [0.15, 0.2) is 23.1 Å². The number of nitrogens with two attached hydrogens (primary N) is 1. The molecule has 19 heavy (non-hydrogen) atoms. The molecule has 0 aromatic heterocycles. The van der Waals surface area contributed by atoms with E-state index in [0.29, 0.717) is 31.0 Å². The van der Waals surface area contributed by atoms with E-state index in [1.165, 1.54) is 0 Å². The van der Waals surface area contributed by atoms with Crippen LogP contribution in [0.5, 0.6) is 0 Å². The minimum atomic E-state index is -0.0715. The Hall–Kier alpha value is -1.20. The van der Waals surface area contributed by atoms with Crippen LogP contribution in [0.25, 0.3) is 0 Å². The fraction of sp³-hybridized carbons (Fsp3) is 0.500. The van der Waals surface area contributed by atoms with Gasteiger partial charge in [-0.1, -0.05) is 6.92 Å². The number of nitrogens with one attached hydrogen (secondary N) is 1. The molecular weight excluding hydrogens is 260 g/mol. The highest BCUT2D eigenvalue weighted by atomic mass is 32.2. The molecule has 0 aliphatic carbocycles. The summed E-state index contributed by atoms with van der Waals surface area (Å²) < 4.78 is 5.15. The average Bonchev–Trinajstić information content (AvgIpc) is 2.40. The number of anilines is 2. The van der Waals surface area contributed by atoms with Crippen LogP contribution in [-0.2, 0) is 9.53 Å². The number of thioether (sulfide) groups is 1. The van der Waals surface area contributed by atoms with Gasteiger partial charge >= 0.3 is 0 Å². The first-order valence-electron chi connectivity index (χ1n) is 6.57. The van der Waals surface area contributed by atoms with Crippen LogP contribution >= 0.6 is 11.8 Å². The van der Waals surface area contributed by atoms with Crippen LogP contribution in [0.2, 0.25) is 0 Å². The number of rotatable bonds is 8. The van der Waals surface area contributed by atoms with Gasteiger partial charge in [-0.15, -0.1) is 11.8 Å². The molecule has 0 atom stereocenters. The number of carbonyl (C=O) groups excluding carboxylic acids is 1. The van der Waals surface area contributed by atoms with Crippen molar-refractivity contribution in [3.05, 3.63) is 18.2 Å². The molecule has 1 aromatic rings. The van der Waals surface area contributed by atoms with E-state index in [2.05, 4.69) is 12.2 Å². The molecule has 0 fully saturated rings. The Labute approximate surface area is 119 Å². The summed E-state index contributed by atoms with van der Waals surface area (Å²) in [7, 11) is 0. The van der Waals surface area contributed by atoms with Crippen molar-refractivity contribution < 1.29 is 9.53 Å². The molecule has 0 radical (unpaired) electrons. The summed E-state index contributed by atoms with van der Waals surface area (Å²) in [6, 6.07) is 5.73. The molecular formula is C14H22N2O2S. The van der Waals surface area contributed by atoms with E-state index in [-0.39, 0.29) is 5.91 Å². The zero-order valence-electron chi connectivity index (χ0n) is 11.6. The van der Waals surface area contributed by atoms with Crippen molar-refractivity contribution in [1.29, 1.82) is 0 Å². The Bertz CT molecular complexity index is 410. The van der Waals surface area contributed by atoms with Crippen molar-refractivity contribution in [2.75, 3.05) is 30.0 Å². The van der Waals surface area contributed by atoms with Crippen molar-refractivity contribution in [3.8, 4) is 0 Å². The minimum absolute atomic E-state index is 0.0715. The highest BCUT2D eigenvalue weighted by Gasteiger charge is 2.06. The predicted octanol–water partition coefficient (Wildman–Crippen LogP) is 3.14. The van der Waals surface area contributed by atoms with Crippen molar-refractivity contribution in [3.63, 3.8) is 0 Å². The van der Waals surface area contributed by atoms with E-state index in [4.69, 9.17) is 10.5 Å². The summed E-state index contributed by atoms with van der Waals surface area (Å²) in [6.07, 6.45) is 1.46. The molecule has 0 aliphatic heterocycles. The van der Waals surface area contributed by atoms with E-state index >= 15 is 0 Å². The summed E-state index contributed by atoms with van der Waals surface area (Å²) in [6.45, 7) is 5.11. The molecule has 3 N–H and O–H groups in total. The molecule has 0 saturated heterocycles. The van der Waals surface area contributed by atoms with Crippen LogP contribution in [0, 0.1) is 0 Å². The quantitative estimate of drug-likeness (QED) is 0.437. The molecule has 0 heterocycles. The zero-order chi connectivity index (χ0) is 14.1. The third-order valence-electron chi connectivity index (χ3n) is 2.45. The van der Waals surface area contributed by atoms with Crippen LogP contribution in [0.1, 0.15) is 26.7 Å². The molecule has 0 aliphatic rings. The van der Waals surface area contributed by atoms with Crippen LogP contribution in [0.4, 0.5) is 11.4 Å². The lowest BCUT2D eigenvalue weighted by Crippen LogP contribution is -2.15. The van der Waals surface area contributed by atoms with Gasteiger partial charge in [0.2, 0.25) is 5.91 Å². The first kappa shape index (κ1) is 15.9. The second-order valence-corrected chi connectivity index (χ2v) is 5.26. The normalized spacial score (nSPS) is 10.4. The smallest absolute Gasteiger partial charge is 0.226 e. The summed E-state index contributed by atoms with van der Waals surface area (Å²) in [5.41, 5.74) is 7.14. The number of hydrogen-bond acceptors (Lipinski definition) is 4. The molecule has 1 aromatic carbocycles. The number of carbonyl (C=O) groups is 1. The molecule has 1 rings (SSSR count). The number of nitrogen functional groups attached to an aromatic ring is 1. The average molecular weight is 282 g/mol. The third kappa shape index (κ3) is 5.98. The predicted molar refractivity (Wildman–Crippen MR) is 81.6 cm³/mol. The van der Waals surface area contributed by atoms with E-state index in [1.807, 2.05) is 25.1 Å². The maximum absolute atomic E-state index is 11.7. The van der Waals surface area contributed by atoms with Gasteiger partial charge in [0.1, 0.15) is 0 Å². The minimum Gasteiger partial charge on any atom is -0.397 e. The Morgan fingerprint density at radius 1 is 1.42 bits per heavy atom. The van der Waals surface area contributed by atoms with Crippen LogP contribution in [-0.4, -0.2) is 24.9 Å². The van der Waals surface area contributed by atoms with Gasteiger partial charge in [-0.25, -0.2) is 0 Å². The first-order chi connectivity index (χ1) is 9.17. The van der Waals surface area contributed by atoms with E-state index in [0.717, 1.165) is 17.1 Å². The molecule has 0 spiro atoms. The number of benzene rings is 1. The molecule has 4 nitrogen and oxygen atoms in total. The van der Waals surface area contributed by atoms with Crippen molar-refractivity contribution in [1.82, 2.24) is 0 Å². The van der Waals surface area contributed by atoms with Gasteiger partial charge < -0.3 is 15.8 Å². The summed E-state index contributed by atoms with van der Waals surface area (Å²) >= 11 is 1.76. The largest absolute Gasteiger partial charge is 0.397 e. The lowest BCUT2D eigenvalue weighted by Gasteiger charge is -2.10. The Kier molecular flexibility index (Phi) is 7.36. The Morgan fingerprint density at radius 2 is 2.21 bits per heavy atom. The molecule has 5 heteroatoms. The molecule has 0 unspecified atom stereocenters. The molecule has 0 saturated carbocycles. The second kappa shape index (κ2) is 8.82. The second-order valence-electron chi connectivity index (χ2n) is 4.09. The fourth-order valence-corrected chi connectivity index (χ4v) is 2.28. The lowest BCUT2D eigenvalue weighted by molar-refractivity contribution is -0.117. The van der Waals surface area contributed by atoms with Gasteiger partial charge in [-0.3, -0.25) is 4.79 Å². The van der Waals surface area contributed by atoms with Crippen LogP contribution in [0.3, 0.4) is 0 Å². The monoisotopic (exact) mass is 282 g/mol. The number of amides is 1. The number of ether oxygens (including phenoxy) is 1. The SMILES string of the molecule is CCCSc1ccc(N)c(NC(=O)CCOCC)c1. The maximum atomic E-state index is 11.7. The van der Waals surface area contributed by atoms with Gasteiger partial charge in [-0.05, 0) is 37.3 Å². The first-order valence-corrected chi connectivity index (χ1v) is 7.55. The molecule has 106 valence electrons. The highest BCUT2D eigenvalue weighted by Crippen LogP contribution is 2.27. The summed E-state index contributed by atoms with van der Waals surface area (Å²) in [4.78, 5) is 12.8. The van der Waals surface area contributed by atoms with E-state index in [1.54, 1.807) is 11.8 Å². The van der Waals surface area contributed by atoms with Gasteiger partial charge in [0.15, 0.2) is 0 Å². The van der Waals surface area contributed by atoms with Gasteiger partial charge in [0.05, 0.1) is 24.4 Å². The van der Waals surface area contributed by atoms with Crippen molar-refractivity contribution in [2.24, 2.45) is 0 Å². The van der Waals surface area contributed by atoms with Crippen molar-refractivity contribution >= 4 is 29.0 Å². The van der Waals surface area contributed by atoms with E-state index < -0.39 is 0 Å². The van der Waals surface area contributed by atoms with Crippen molar-refractivity contribution in [2.45, 2.75) is 31.6 Å². The summed E-state index contributed by atoms with van der Waals surface area (Å²) in [5.74, 6) is 0.986. The fourth-order valence-electron chi connectivity index (χ4n) is 1.48. The lowest BCUT2D eigenvalue weighted by atomic mass is 10.2. The summed E-state index contributed by atoms with van der Waals surface area (Å²) in [5, 5.41) is 2.83. The maximum Gasteiger partial charge on any atom is 0.226 e. The third-order valence-corrected chi connectivity index (χ3v) is 3.65. The molecule has 0 bridgehead atoms. The van der Waals surface area contributed by atoms with Gasteiger partial charge in [0.25, 0.3) is 0 Å². The van der Waals surface area contributed by atoms with Gasteiger partial charge in [0, 0.05) is 11.5 Å². The van der Waals surface area contributed by atoms with Gasteiger partial charge in [-0.2, -0.15) is 0 Å². The van der Waals surface area contributed by atoms with E-state index in [9.17, 15) is 4.79 Å². The highest BCUT2D eigenvalue weighted by molar-refractivity contribution is 7.99. The Morgan fingerprint density at radius 3 is 2.89 bits per heavy atom. The van der Waals surface area contributed by atoms with Crippen LogP contribution < -0.4 is 11.1 Å². The zero-order valence-corrected chi connectivity index (χ0v) is 12.4.